The maximum absolute atomic E-state index is 12.0. The van der Waals surface area contributed by atoms with Gasteiger partial charge in [0.2, 0.25) is 5.91 Å². The lowest BCUT2D eigenvalue weighted by atomic mass is 9.92. The summed E-state index contributed by atoms with van der Waals surface area (Å²) in [4.78, 5) is 12.0. The van der Waals surface area contributed by atoms with Crippen molar-refractivity contribution in [2.45, 2.75) is 6.92 Å². The summed E-state index contributed by atoms with van der Waals surface area (Å²) in [6.45, 7) is 0.451. The molecule has 0 spiro atoms. The zero-order valence-corrected chi connectivity index (χ0v) is 12.1. The molecule has 112 valence electrons. The lowest BCUT2D eigenvalue weighted by Gasteiger charge is -2.23. The van der Waals surface area contributed by atoms with E-state index in [9.17, 15) is 9.00 Å². The maximum atomic E-state index is 12.0. The minimum atomic E-state index is -2.16. The first-order valence-corrected chi connectivity index (χ1v) is 6.88. The zero-order chi connectivity index (χ0) is 15.3. The first-order valence-electron chi connectivity index (χ1n) is 5.82. The number of anilines is 2. The third-order valence-corrected chi connectivity index (χ3v) is 3.63. The number of carbonyl (C=O) groups excluding carboxylic acids is 1. The standard InChI is InChI=1S/C12H18N2O5S/c1-12(7-15,8-16)11(17)13-9-4-3-5-10(6-9)14(2)20(18)19/h3-6,15-16H,7-8H2,1-2H3,(H,13,17)(H,18,19). The Morgan fingerprint density at radius 1 is 1.40 bits per heavy atom. The number of aliphatic hydroxyl groups is 2. The predicted octanol–water partition coefficient (Wildman–Crippen LogP) is 0.189. The third-order valence-electron chi connectivity index (χ3n) is 2.95. The lowest BCUT2D eigenvalue weighted by Crippen LogP contribution is -2.39. The first kappa shape index (κ1) is 16.6. The number of hydrogen-bond acceptors (Lipinski definition) is 4. The Bertz CT molecular complexity index is 504. The molecule has 0 heterocycles. The molecule has 1 aromatic carbocycles. The van der Waals surface area contributed by atoms with Gasteiger partial charge in [-0.25, -0.2) is 4.21 Å². The molecule has 1 atom stereocenters. The summed E-state index contributed by atoms with van der Waals surface area (Å²) in [5.41, 5.74) is -0.446. The number of aliphatic hydroxyl groups excluding tert-OH is 2. The van der Waals surface area contributed by atoms with Crippen molar-refractivity contribution in [1.82, 2.24) is 0 Å². The molecule has 0 fully saturated rings. The molecule has 7 nitrogen and oxygen atoms in total. The highest BCUT2D eigenvalue weighted by molar-refractivity contribution is 7.80. The minimum Gasteiger partial charge on any atom is -0.395 e. The molecule has 1 rings (SSSR count). The van der Waals surface area contributed by atoms with Crippen LogP contribution in [0.15, 0.2) is 24.3 Å². The van der Waals surface area contributed by atoms with Gasteiger partial charge in [-0.3, -0.25) is 13.7 Å². The second-order valence-corrected chi connectivity index (χ2v) is 5.62. The summed E-state index contributed by atoms with van der Waals surface area (Å²) < 4.78 is 21.1. The zero-order valence-electron chi connectivity index (χ0n) is 11.2. The van der Waals surface area contributed by atoms with Crippen LogP contribution in [-0.4, -0.2) is 45.1 Å². The molecule has 4 N–H and O–H groups in total. The Balaban J connectivity index is 2.92. The van der Waals surface area contributed by atoms with Crippen LogP contribution in [0.1, 0.15) is 6.92 Å². The number of amides is 1. The van der Waals surface area contributed by atoms with Gasteiger partial charge in [0.1, 0.15) is 0 Å². The summed E-state index contributed by atoms with van der Waals surface area (Å²) in [7, 11) is 1.43. The van der Waals surface area contributed by atoms with Crippen LogP contribution in [0.2, 0.25) is 0 Å². The fourth-order valence-electron chi connectivity index (χ4n) is 1.35. The van der Waals surface area contributed by atoms with Crippen molar-refractivity contribution in [3.63, 3.8) is 0 Å². The topological polar surface area (TPSA) is 110 Å². The van der Waals surface area contributed by atoms with Gasteiger partial charge in [0.25, 0.3) is 11.3 Å². The molecule has 0 aromatic heterocycles. The van der Waals surface area contributed by atoms with E-state index in [4.69, 9.17) is 14.8 Å². The van der Waals surface area contributed by atoms with Crippen LogP contribution in [0.5, 0.6) is 0 Å². The van der Waals surface area contributed by atoms with Crippen molar-refractivity contribution in [2.24, 2.45) is 5.41 Å². The largest absolute Gasteiger partial charge is 0.395 e. The second kappa shape index (κ2) is 6.80. The second-order valence-electron chi connectivity index (χ2n) is 4.61. The highest BCUT2D eigenvalue weighted by Crippen LogP contribution is 2.22. The number of benzene rings is 1. The van der Waals surface area contributed by atoms with E-state index in [1.54, 1.807) is 18.2 Å². The van der Waals surface area contributed by atoms with Gasteiger partial charge in [-0.05, 0) is 25.1 Å². The van der Waals surface area contributed by atoms with Gasteiger partial charge in [0.15, 0.2) is 0 Å². The molecular weight excluding hydrogens is 284 g/mol. The molecule has 0 saturated heterocycles. The van der Waals surface area contributed by atoms with Crippen molar-refractivity contribution in [2.75, 3.05) is 29.9 Å². The Labute approximate surface area is 119 Å². The molecule has 0 aliphatic carbocycles. The van der Waals surface area contributed by atoms with E-state index in [1.807, 2.05) is 0 Å². The lowest BCUT2D eigenvalue weighted by molar-refractivity contribution is -0.129. The van der Waals surface area contributed by atoms with Gasteiger partial charge >= 0.3 is 0 Å². The van der Waals surface area contributed by atoms with Crippen LogP contribution < -0.4 is 9.62 Å². The predicted molar refractivity (Wildman–Crippen MR) is 76.5 cm³/mol. The van der Waals surface area contributed by atoms with E-state index in [0.29, 0.717) is 11.4 Å². The van der Waals surface area contributed by atoms with Crippen LogP contribution in [0.3, 0.4) is 0 Å². The maximum Gasteiger partial charge on any atom is 0.261 e. The van der Waals surface area contributed by atoms with Gasteiger partial charge in [0.05, 0.1) is 24.3 Å². The number of carbonyl (C=O) groups is 1. The normalized spacial score (nSPS) is 12.8. The molecule has 20 heavy (non-hydrogen) atoms. The molecular formula is C12H18N2O5S. The quantitative estimate of drug-likeness (QED) is 0.561. The number of hydrogen-bond donors (Lipinski definition) is 4. The molecule has 0 radical (unpaired) electrons. The molecule has 0 aliphatic heterocycles. The number of rotatable bonds is 6. The summed E-state index contributed by atoms with van der Waals surface area (Å²) >= 11 is -2.16. The molecule has 1 amide bonds. The van der Waals surface area contributed by atoms with Crippen LogP contribution in [0, 0.1) is 5.41 Å². The molecule has 8 heteroatoms. The highest BCUT2D eigenvalue weighted by atomic mass is 32.2. The summed E-state index contributed by atoms with van der Waals surface area (Å²) in [6, 6.07) is 6.34. The van der Waals surface area contributed by atoms with Gasteiger partial charge in [-0.1, -0.05) is 6.07 Å². The van der Waals surface area contributed by atoms with Crippen LogP contribution >= 0.6 is 0 Å². The van der Waals surface area contributed by atoms with E-state index in [0.717, 1.165) is 4.31 Å². The molecule has 1 aromatic rings. The number of nitrogens with zero attached hydrogens (tertiary/aromatic N) is 1. The first-order chi connectivity index (χ1) is 9.34. The number of nitrogens with one attached hydrogen (secondary N) is 1. The summed E-state index contributed by atoms with van der Waals surface area (Å²) in [6.07, 6.45) is 0. The Hall–Kier alpha value is -1.48. The molecule has 0 bridgehead atoms. The van der Waals surface area contributed by atoms with E-state index >= 15 is 0 Å². The smallest absolute Gasteiger partial charge is 0.261 e. The molecule has 1 unspecified atom stereocenters. The van der Waals surface area contributed by atoms with Crippen LogP contribution in [0.4, 0.5) is 11.4 Å². The summed E-state index contributed by atoms with van der Waals surface area (Å²) in [5, 5.41) is 20.8. The van der Waals surface area contributed by atoms with E-state index in [1.165, 1.54) is 20.0 Å². The van der Waals surface area contributed by atoms with Crippen molar-refractivity contribution in [1.29, 1.82) is 0 Å². The van der Waals surface area contributed by atoms with Crippen molar-refractivity contribution < 1.29 is 23.8 Å². The fourth-order valence-corrected chi connectivity index (χ4v) is 1.64. The average molecular weight is 302 g/mol. The van der Waals surface area contributed by atoms with Crippen molar-refractivity contribution in [3.05, 3.63) is 24.3 Å². The van der Waals surface area contributed by atoms with Crippen molar-refractivity contribution >= 4 is 28.5 Å². The Morgan fingerprint density at radius 2 is 2.00 bits per heavy atom. The third kappa shape index (κ3) is 3.76. The molecule has 0 saturated carbocycles. The van der Waals surface area contributed by atoms with Crippen molar-refractivity contribution in [3.8, 4) is 0 Å². The van der Waals surface area contributed by atoms with Gasteiger partial charge in [-0.15, -0.1) is 0 Å². The Kier molecular flexibility index (Phi) is 5.63. The monoisotopic (exact) mass is 302 g/mol. The highest BCUT2D eigenvalue weighted by Gasteiger charge is 2.31. The van der Waals surface area contributed by atoms with Crippen LogP contribution in [-0.2, 0) is 16.1 Å². The van der Waals surface area contributed by atoms with E-state index < -0.39 is 35.8 Å². The molecule has 0 aliphatic rings. The van der Waals surface area contributed by atoms with Gasteiger partial charge in [-0.2, -0.15) is 0 Å². The van der Waals surface area contributed by atoms with Gasteiger partial charge < -0.3 is 15.5 Å². The van der Waals surface area contributed by atoms with E-state index in [-0.39, 0.29) is 0 Å². The fraction of sp³-hybridized carbons (Fsp3) is 0.417. The van der Waals surface area contributed by atoms with Crippen LogP contribution in [0.25, 0.3) is 0 Å². The summed E-state index contributed by atoms with van der Waals surface area (Å²) in [5.74, 6) is -0.535. The minimum absolute atomic E-state index is 0.401. The SMILES string of the molecule is CN(c1cccc(NC(=O)C(C)(CO)CO)c1)S(=O)O. The average Bonchev–Trinajstić information content (AvgIpc) is 2.45. The van der Waals surface area contributed by atoms with Gasteiger partial charge in [0, 0.05) is 12.7 Å². The Morgan fingerprint density at radius 3 is 2.50 bits per heavy atom. The van der Waals surface area contributed by atoms with E-state index in [2.05, 4.69) is 5.32 Å².